The lowest BCUT2D eigenvalue weighted by Crippen LogP contribution is -2.57. The van der Waals surface area contributed by atoms with Crippen molar-refractivity contribution in [2.45, 2.75) is 56.4 Å². The summed E-state index contributed by atoms with van der Waals surface area (Å²) in [5.74, 6) is -7.93. The molecule has 1 aromatic carbocycles. The number of carbonyl (C=O) groups excluding carboxylic acids is 5. The molecule has 4 atom stereocenters. The van der Waals surface area contributed by atoms with Gasteiger partial charge >= 0.3 is 17.9 Å². The van der Waals surface area contributed by atoms with Gasteiger partial charge < -0.3 is 116 Å². The van der Waals surface area contributed by atoms with Gasteiger partial charge in [-0.1, -0.05) is 0 Å². The second-order valence-corrected chi connectivity index (χ2v) is 19.8. The third-order valence-corrected chi connectivity index (χ3v) is 12.5. The normalized spacial score (nSPS) is 12.5. The Morgan fingerprint density at radius 1 is 0.538 bits per heavy atom. The zero-order chi connectivity index (χ0) is 67.7. The summed E-state index contributed by atoms with van der Waals surface area (Å²) in [5.41, 5.74) is 12.3. The van der Waals surface area contributed by atoms with Gasteiger partial charge in [0.2, 0.25) is 29.6 Å². The van der Waals surface area contributed by atoms with Crippen molar-refractivity contribution >= 4 is 82.9 Å². The van der Waals surface area contributed by atoms with Gasteiger partial charge in [0.15, 0.2) is 11.2 Å². The number of amides is 5. The van der Waals surface area contributed by atoms with Crippen LogP contribution in [-0.2, 0) is 96.9 Å². The number of nitrogen functional groups attached to an aromatic ring is 1. The molecule has 0 unspecified atom stereocenters. The van der Waals surface area contributed by atoms with Crippen LogP contribution in [0.3, 0.4) is 0 Å². The number of hydrogen-bond acceptors (Lipinski definition) is 28. The number of hydrogen-bond donors (Lipinski definition) is 13. The van der Waals surface area contributed by atoms with Crippen LogP contribution in [0.4, 0.5) is 11.6 Å². The summed E-state index contributed by atoms with van der Waals surface area (Å²) in [5, 5.41) is 42.8. The van der Waals surface area contributed by atoms with Gasteiger partial charge in [-0.3, -0.25) is 38.5 Å². The zero-order valence-electron chi connectivity index (χ0n) is 51.7. The molecule has 3 aromatic rings. The molecule has 36 nitrogen and oxygen atoms in total. The SMILES string of the molecule is Nc1nc2ncc(CNc3ccc(C(=O)N[C@H](CCC(=O)NCCOCCOCCOCCOCCOCCOCCOCCOCCOCCOCCOCCOCCC(=O)NC[C@H](N)C(=O)N[C@@H](CC(=O)O)C(=O)N[C@@H](CS)C(=O)O)C(=O)O)cc3)nc2c(=O)[nH]1. The van der Waals surface area contributed by atoms with Gasteiger partial charge in [-0.2, -0.15) is 17.6 Å². The molecular formula is C56H88N12O24S. The number of nitrogens with one attached hydrogen (secondary N) is 7. The number of fused-ring (bicyclic) bond motifs is 1. The molecule has 37 heteroatoms. The third kappa shape index (κ3) is 38.4. The highest BCUT2D eigenvalue weighted by molar-refractivity contribution is 7.80. The molecule has 0 radical (unpaired) electrons. The summed E-state index contributed by atoms with van der Waals surface area (Å²) in [7, 11) is 0. The van der Waals surface area contributed by atoms with Gasteiger partial charge in [0.25, 0.3) is 11.5 Å². The van der Waals surface area contributed by atoms with Crippen LogP contribution in [0, 0.1) is 0 Å². The summed E-state index contributed by atoms with van der Waals surface area (Å²) in [6.45, 7) is 8.42. The van der Waals surface area contributed by atoms with E-state index >= 15 is 0 Å². The fourth-order valence-electron chi connectivity index (χ4n) is 7.32. The molecule has 0 aliphatic heterocycles. The number of ether oxygens (including phenoxy) is 12. The number of carboxylic acids is 3. The van der Waals surface area contributed by atoms with Crippen LogP contribution in [0.25, 0.3) is 11.2 Å². The van der Waals surface area contributed by atoms with Crippen molar-refractivity contribution in [1.82, 2.24) is 46.5 Å². The number of aromatic amines is 1. The Balaban J connectivity index is 0.980. The predicted octanol–water partition coefficient (Wildman–Crippen LogP) is -3.52. The number of anilines is 2. The fraction of sp³-hybridized carbons (Fsp3) is 0.643. The summed E-state index contributed by atoms with van der Waals surface area (Å²) in [6.07, 6.45) is 0.300. The number of carbonyl (C=O) groups is 8. The van der Waals surface area contributed by atoms with E-state index in [2.05, 4.69) is 64.5 Å². The van der Waals surface area contributed by atoms with E-state index in [-0.39, 0.29) is 93.8 Å². The van der Waals surface area contributed by atoms with Crippen LogP contribution in [0.15, 0.2) is 35.3 Å². The Morgan fingerprint density at radius 2 is 0.978 bits per heavy atom. The number of thiol groups is 1. The van der Waals surface area contributed by atoms with E-state index in [0.717, 1.165) is 0 Å². The first-order valence-electron chi connectivity index (χ1n) is 29.7. The number of benzene rings is 1. The summed E-state index contributed by atoms with van der Waals surface area (Å²) < 4.78 is 65.6. The smallest absolute Gasteiger partial charge is 0.327 e. The van der Waals surface area contributed by atoms with Crippen LogP contribution in [0.2, 0.25) is 0 Å². The Kier molecular flexibility index (Phi) is 43.1. The first-order chi connectivity index (χ1) is 45.0. The Bertz CT molecular complexity index is 2720. The molecule has 0 spiro atoms. The molecule has 5 amide bonds. The van der Waals surface area contributed by atoms with Crippen molar-refractivity contribution in [3.05, 3.63) is 52.1 Å². The average Bonchev–Trinajstić information content (AvgIpc) is 0.882. The first kappa shape index (κ1) is 79.9. The maximum absolute atomic E-state index is 12.8. The van der Waals surface area contributed by atoms with Gasteiger partial charge in [0.1, 0.15) is 24.2 Å². The highest BCUT2D eigenvalue weighted by atomic mass is 32.1. The molecule has 0 bridgehead atoms. The monoisotopic (exact) mass is 1340 g/mol. The Morgan fingerprint density at radius 3 is 1.43 bits per heavy atom. The average molecular weight is 1350 g/mol. The van der Waals surface area contributed by atoms with E-state index in [1.54, 1.807) is 12.1 Å². The van der Waals surface area contributed by atoms with E-state index in [0.29, 0.717) is 144 Å². The maximum atomic E-state index is 12.8. The molecule has 2 aromatic heterocycles. The minimum Gasteiger partial charge on any atom is -0.481 e. The molecule has 522 valence electrons. The van der Waals surface area contributed by atoms with E-state index in [4.69, 9.17) is 78.5 Å². The quantitative estimate of drug-likeness (QED) is 0.0192. The van der Waals surface area contributed by atoms with Gasteiger partial charge in [-0.05, 0) is 30.7 Å². The van der Waals surface area contributed by atoms with Crippen LogP contribution in [-0.4, -0.2) is 284 Å². The minimum atomic E-state index is -1.61. The number of aliphatic carboxylic acids is 3. The lowest BCUT2D eigenvalue weighted by Gasteiger charge is -2.21. The number of nitrogens with two attached hydrogens (primary N) is 2. The number of nitrogens with zero attached hydrogens (tertiary/aromatic N) is 3. The molecule has 0 fully saturated rings. The second-order valence-electron chi connectivity index (χ2n) is 19.4. The van der Waals surface area contributed by atoms with Crippen LogP contribution >= 0.6 is 12.6 Å². The molecule has 0 saturated heterocycles. The lowest BCUT2D eigenvalue weighted by atomic mass is 10.1. The Labute approximate surface area is 540 Å². The number of aromatic nitrogens is 4. The first-order valence-corrected chi connectivity index (χ1v) is 30.4. The largest absolute Gasteiger partial charge is 0.481 e. The number of carboxylic acid groups (broad SMARTS) is 3. The van der Waals surface area contributed by atoms with Crippen LogP contribution < -0.4 is 48.9 Å². The number of H-pyrrole nitrogens is 1. The molecule has 0 saturated carbocycles. The van der Waals surface area contributed by atoms with Crippen molar-refractivity contribution in [3.8, 4) is 0 Å². The molecule has 2 heterocycles. The predicted molar refractivity (Wildman–Crippen MR) is 330 cm³/mol. The van der Waals surface area contributed by atoms with Crippen molar-refractivity contribution in [2.75, 3.05) is 188 Å². The highest BCUT2D eigenvalue weighted by Crippen LogP contribution is 2.13. The van der Waals surface area contributed by atoms with Gasteiger partial charge in [0.05, 0.1) is 183 Å². The van der Waals surface area contributed by atoms with E-state index in [9.17, 15) is 48.3 Å². The molecule has 0 aliphatic carbocycles. The number of rotatable bonds is 58. The molecule has 14 N–H and O–H groups in total. The third-order valence-electron chi connectivity index (χ3n) is 12.2. The topological polar surface area (TPSA) is 504 Å². The van der Waals surface area contributed by atoms with E-state index < -0.39 is 83.6 Å². The molecule has 3 rings (SSSR count). The standard InChI is InChI=1S/C56H88N12O24S/c57-41(51(74)65-43(33-47(71)72)52(75)66-44(37-93)55(79)80)36-61-46(70)7-9-81-11-13-83-15-17-85-19-21-87-23-25-89-27-29-91-31-32-92-30-28-90-26-24-88-22-20-86-18-16-84-14-12-82-10-8-59-45(69)6-5-42(54(77)78)64-50(73)38-1-3-39(4-2-38)60-34-40-35-62-49-48(63-40)53(76)68-56(58)67-49/h1-4,35,41-44,60,93H,5-34,36-37,57H2,(H,59,69)(H,61,70)(H,64,73)(H,65,74)(H,66,75)(H,71,72)(H,77,78)(H,79,80)(H3,58,62,67,68,76)/t41-,42+,43-,44-/m0/s1. The summed E-state index contributed by atoms with van der Waals surface area (Å²) in [6, 6.07) is 0.601. The highest BCUT2D eigenvalue weighted by Gasteiger charge is 2.29. The second kappa shape index (κ2) is 50.2. The van der Waals surface area contributed by atoms with Crippen molar-refractivity contribution in [1.29, 1.82) is 0 Å². The van der Waals surface area contributed by atoms with E-state index in [1.807, 2.05) is 0 Å². The van der Waals surface area contributed by atoms with Gasteiger partial charge in [-0.25, -0.2) is 19.6 Å². The van der Waals surface area contributed by atoms with Gasteiger partial charge in [0, 0.05) is 42.9 Å². The lowest BCUT2D eigenvalue weighted by molar-refractivity contribution is -0.143. The Hall–Kier alpha value is -7.37. The molecular weight excluding hydrogens is 1260 g/mol. The van der Waals surface area contributed by atoms with E-state index in [1.165, 1.54) is 18.3 Å². The zero-order valence-corrected chi connectivity index (χ0v) is 52.6. The maximum Gasteiger partial charge on any atom is 0.327 e. The van der Waals surface area contributed by atoms with Crippen molar-refractivity contribution < 1.29 is 111 Å². The summed E-state index contributed by atoms with van der Waals surface area (Å²) >= 11 is 3.82. The van der Waals surface area contributed by atoms with Crippen LogP contribution in [0.1, 0.15) is 41.7 Å². The van der Waals surface area contributed by atoms with Gasteiger partial charge in [-0.15, -0.1) is 0 Å². The molecule has 93 heavy (non-hydrogen) atoms. The minimum absolute atomic E-state index is 0.0416. The fourth-order valence-corrected chi connectivity index (χ4v) is 7.57. The van der Waals surface area contributed by atoms with Crippen LogP contribution in [0.5, 0.6) is 0 Å². The summed E-state index contributed by atoms with van der Waals surface area (Å²) in [4.78, 5) is 123. The molecule has 0 aliphatic rings. The van der Waals surface area contributed by atoms with Crippen molar-refractivity contribution in [2.24, 2.45) is 5.73 Å². The van der Waals surface area contributed by atoms with Crippen molar-refractivity contribution in [3.63, 3.8) is 0 Å².